The number of benzene rings is 1. The Hall–Kier alpha value is -1.22. The van der Waals surface area contributed by atoms with Crippen LogP contribution in [0.15, 0.2) is 18.2 Å². The molecule has 1 heterocycles. The molecule has 0 spiro atoms. The average molecular weight is 275 g/mol. The van der Waals surface area contributed by atoms with Crippen LogP contribution in [0.4, 0.5) is 0 Å². The lowest BCUT2D eigenvalue weighted by Gasteiger charge is -2.42. The number of nitrogens with one attached hydrogen (secondary N) is 1. The molecule has 2 atom stereocenters. The third-order valence-electron chi connectivity index (χ3n) is 4.83. The van der Waals surface area contributed by atoms with Crippen molar-refractivity contribution >= 4 is 0 Å². The van der Waals surface area contributed by atoms with Crippen LogP contribution in [-0.2, 0) is 0 Å². The van der Waals surface area contributed by atoms with Crippen LogP contribution < -0.4 is 14.8 Å². The molecule has 3 heteroatoms. The lowest BCUT2D eigenvalue weighted by molar-refractivity contribution is 0.00573. The summed E-state index contributed by atoms with van der Waals surface area (Å²) in [4.78, 5) is 0. The fourth-order valence-electron chi connectivity index (χ4n) is 3.53. The first-order chi connectivity index (χ1) is 9.72. The number of methoxy groups -OCH3 is 1. The Labute approximate surface area is 121 Å². The molecule has 0 aromatic heterocycles. The Balaban J connectivity index is 1.98. The Bertz CT molecular complexity index is 484. The zero-order chi connectivity index (χ0) is 14.2. The molecular weight excluding hydrogens is 250 g/mol. The van der Waals surface area contributed by atoms with Crippen molar-refractivity contribution in [2.45, 2.75) is 51.2 Å². The number of hydrogen-bond acceptors (Lipinski definition) is 3. The van der Waals surface area contributed by atoms with Gasteiger partial charge in [-0.25, -0.2) is 0 Å². The lowest BCUT2D eigenvalue weighted by Crippen LogP contribution is -2.45. The van der Waals surface area contributed by atoms with Gasteiger partial charge in [-0.15, -0.1) is 0 Å². The van der Waals surface area contributed by atoms with Gasteiger partial charge in [-0.2, -0.15) is 0 Å². The van der Waals surface area contributed by atoms with Crippen molar-refractivity contribution in [2.24, 2.45) is 5.92 Å². The summed E-state index contributed by atoms with van der Waals surface area (Å²) in [5.41, 5.74) is 1.30. The van der Waals surface area contributed by atoms with Crippen molar-refractivity contribution in [3.05, 3.63) is 23.8 Å². The van der Waals surface area contributed by atoms with Crippen LogP contribution in [0, 0.1) is 5.92 Å². The van der Waals surface area contributed by atoms with E-state index in [1.165, 1.54) is 18.4 Å². The Morgan fingerprint density at radius 1 is 1.35 bits per heavy atom. The minimum Gasteiger partial charge on any atom is -0.497 e. The van der Waals surface area contributed by atoms with E-state index in [0.717, 1.165) is 36.8 Å². The van der Waals surface area contributed by atoms with Crippen molar-refractivity contribution in [2.75, 3.05) is 13.7 Å². The molecule has 0 radical (unpaired) electrons. The normalized spacial score (nSPS) is 28.6. The highest BCUT2D eigenvalue weighted by Crippen LogP contribution is 2.52. The van der Waals surface area contributed by atoms with Crippen molar-refractivity contribution < 1.29 is 9.47 Å². The third-order valence-corrected chi connectivity index (χ3v) is 4.83. The van der Waals surface area contributed by atoms with Gasteiger partial charge in [0.05, 0.1) is 7.11 Å². The van der Waals surface area contributed by atoms with Gasteiger partial charge in [0.25, 0.3) is 0 Å². The molecule has 1 aromatic rings. The molecule has 20 heavy (non-hydrogen) atoms. The molecule has 1 N–H and O–H groups in total. The molecule has 3 nitrogen and oxygen atoms in total. The fourth-order valence-corrected chi connectivity index (χ4v) is 3.53. The molecule has 0 saturated heterocycles. The van der Waals surface area contributed by atoms with Crippen LogP contribution in [0.5, 0.6) is 11.5 Å². The summed E-state index contributed by atoms with van der Waals surface area (Å²) in [5.74, 6) is 2.62. The number of ether oxygens (including phenoxy) is 2. The van der Waals surface area contributed by atoms with Crippen molar-refractivity contribution in [1.29, 1.82) is 0 Å². The molecular formula is C17H25NO2. The van der Waals surface area contributed by atoms with Crippen LogP contribution in [0.3, 0.4) is 0 Å². The number of hydrogen-bond donors (Lipinski definition) is 1. The Kier molecular flexibility index (Phi) is 3.63. The zero-order valence-electron chi connectivity index (χ0n) is 12.7. The average Bonchev–Trinajstić information content (AvgIpc) is 3.31. The first-order valence-corrected chi connectivity index (χ1v) is 7.82. The highest BCUT2D eigenvalue weighted by molar-refractivity contribution is 5.45. The van der Waals surface area contributed by atoms with Crippen molar-refractivity contribution in [3.63, 3.8) is 0 Å². The van der Waals surface area contributed by atoms with E-state index in [0.29, 0.717) is 6.04 Å². The number of fused-ring (bicyclic) bond motifs is 1. The third kappa shape index (κ3) is 2.28. The molecule has 1 aliphatic carbocycles. The van der Waals surface area contributed by atoms with E-state index in [2.05, 4.69) is 25.2 Å². The molecule has 1 saturated carbocycles. The topological polar surface area (TPSA) is 30.5 Å². The summed E-state index contributed by atoms with van der Waals surface area (Å²) in [6.07, 6.45) is 4.79. The molecule has 0 amide bonds. The molecule has 2 unspecified atom stereocenters. The van der Waals surface area contributed by atoms with Crippen LogP contribution in [0.2, 0.25) is 0 Å². The summed E-state index contributed by atoms with van der Waals surface area (Å²) in [5, 5.41) is 3.63. The molecule has 1 fully saturated rings. The van der Waals surface area contributed by atoms with Gasteiger partial charge in [0.1, 0.15) is 17.1 Å². The summed E-state index contributed by atoms with van der Waals surface area (Å²) in [6.45, 7) is 5.41. The van der Waals surface area contributed by atoms with Crippen molar-refractivity contribution in [3.8, 4) is 11.5 Å². The maximum absolute atomic E-state index is 6.49. The second-order valence-electron chi connectivity index (χ2n) is 6.01. The van der Waals surface area contributed by atoms with Crippen LogP contribution in [-0.4, -0.2) is 19.3 Å². The quantitative estimate of drug-likeness (QED) is 0.889. The van der Waals surface area contributed by atoms with E-state index in [4.69, 9.17) is 9.47 Å². The SMILES string of the molecule is CCNC1CC(CC)(C2CC2)Oc2cc(OC)ccc21. The minimum atomic E-state index is 0.0200. The lowest BCUT2D eigenvalue weighted by atomic mass is 9.81. The van der Waals surface area contributed by atoms with Gasteiger partial charge in [-0.05, 0) is 37.8 Å². The highest BCUT2D eigenvalue weighted by atomic mass is 16.5. The second kappa shape index (κ2) is 5.28. The van der Waals surface area contributed by atoms with Gasteiger partial charge >= 0.3 is 0 Å². The predicted octanol–water partition coefficient (Wildman–Crippen LogP) is 3.69. The van der Waals surface area contributed by atoms with Gasteiger partial charge in [0.2, 0.25) is 0 Å². The van der Waals surface area contributed by atoms with Crippen LogP contribution in [0.25, 0.3) is 0 Å². The maximum Gasteiger partial charge on any atom is 0.128 e. The van der Waals surface area contributed by atoms with E-state index in [9.17, 15) is 0 Å². The fraction of sp³-hybridized carbons (Fsp3) is 0.647. The van der Waals surface area contributed by atoms with Gasteiger partial charge in [0.15, 0.2) is 0 Å². The summed E-state index contributed by atoms with van der Waals surface area (Å²) in [7, 11) is 1.71. The van der Waals surface area contributed by atoms with E-state index in [1.807, 2.05) is 12.1 Å². The van der Waals surface area contributed by atoms with E-state index < -0.39 is 0 Å². The molecule has 1 aromatic carbocycles. The first-order valence-electron chi connectivity index (χ1n) is 7.82. The molecule has 0 bridgehead atoms. The van der Waals surface area contributed by atoms with E-state index >= 15 is 0 Å². The van der Waals surface area contributed by atoms with Crippen LogP contribution >= 0.6 is 0 Å². The first kappa shape index (κ1) is 13.7. The predicted molar refractivity (Wildman–Crippen MR) is 80.4 cm³/mol. The Morgan fingerprint density at radius 3 is 2.75 bits per heavy atom. The molecule has 1 aliphatic heterocycles. The monoisotopic (exact) mass is 275 g/mol. The second-order valence-corrected chi connectivity index (χ2v) is 6.01. The van der Waals surface area contributed by atoms with Gasteiger partial charge < -0.3 is 14.8 Å². The minimum absolute atomic E-state index is 0.0200. The maximum atomic E-state index is 6.49. The number of rotatable bonds is 5. The van der Waals surface area contributed by atoms with Crippen LogP contribution in [0.1, 0.15) is 51.1 Å². The standard InChI is InChI=1S/C17H25NO2/c1-4-17(12-6-7-12)11-15(18-5-2)14-9-8-13(19-3)10-16(14)20-17/h8-10,12,15,18H,4-7,11H2,1-3H3. The largest absolute Gasteiger partial charge is 0.497 e. The highest BCUT2D eigenvalue weighted by Gasteiger charge is 2.50. The molecule has 110 valence electrons. The van der Waals surface area contributed by atoms with E-state index in [-0.39, 0.29) is 5.60 Å². The zero-order valence-corrected chi connectivity index (χ0v) is 12.7. The van der Waals surface area contributed by atoms with Crippen molar-refractivity contribution in [1.82, 2.24) is 5.32 Å². The molecule has 2 aliphatic rings. The Morgan fingerprint density at radius 2 is 2.15 bits per heavy atom. The smallest absolute Gasteiger partial charge is 0.128 e. The van der Waals surface area contributed by atoms with Gasteiger partial charge in [0, 0.05) is 24.1 Å². The molecule has 3 rings (SSSR count). The van der Waals surface area contributed by atoms with Gasteiger partial charge in [-0.1, -0.05) is 19.9 Å². The summed E-state index contributed by atoms with van der Waals surface area (Å²) >= 11 is 0. The van der Waals surface area contributed by atoms with Gasteiger partial charge in [-0.3, -0.25) is 0 Å². The summed E-state index contributed by atoms with van der Waals surface area (Å²) in [6, 6.07) is 6.62. The summed E-state index contributed by atoms with van der Waals surface area (Å²) < 4.78 is 11.8. The van der Waals surface area contributed by atoms with E-state index in [1.54, 1.807) is 7.11 Å².